The van der Waals surface area contributed by atoms with Crippen molar-refractivity contribution in [2.75, 3.05) is 42.9 Å². The van der Waals surface area contributed by atoms with Gasteiger partial charge in [-0.25, -0.2) is 9.97 Å². The van der Waals surface area contributed by atoms with Gasteiger partial charge in [0.1, 0.15) is 5.82 Å². The van der Waals surface area contributed by atoms with Crippen LogP contribution in [0, 0.1) is 17.0 Å². The van der Waals surface area contributed by atoms with Gasteiger partial charge in [-0.05, 0) is 43.7 Å². The average molecular weight is 425 g/mol. The van der Waals surface area contributed by atoms with Crippen LogP contribution in [0.5, 0.6) is 0 Å². The van der Waals surface area contributed by atoms with Crippen molar-refractivity contribution in [2.24, 2.45) is 0 Å². The molecule has 2 aliphatic heterocycles. The van der Waals surface area contributed by atoms with Crippen LogP contribution in [0.4, 0.5) is 17.3 Å². The number of aromatic nitrogens is 2. The Labute approximate surface area is 181 Å². The highest BCUT2D eigenvalue weighted by Crippen LogP contribution is 2.34. The maximum Gasteiger partial charge on any atom is 0.353 e. The average Bonchev–Trinajstić information content (AvgIpc) is 3.03. The minimum atomic E-state index is -0.390. The number of nitro groups is 1. The minimum absolute atomic E-state index is 0.0752. The van der Waals surface area contributed by atoms with Crippen molar-refractivity contribution in [2.45, 2.75) is 39.0 Å². The molecule has 1 amide bonds. The molecular weight excluding hydrogens is 396 g/mol. The Kier molecular flexibility index (Phi) is 6.29. The van der Waals surface area contributed by atoms with Gasteiger partial charge < -0.3 is 15.1 Å². The van der Waals surface area contributed by atoms with Crippen molar-refractivity contribution in [3.8, 4) is 0 Å². The lowest BCUT2D eigenvalue weighted by Crippen LogP contribution is -2.29. The van der Waals surface area contributed by atoms with Crippen LogP contribution >= 0.6 is 0 Å². The van der Waals surface area contributed by atoms with Crippen LogP contribution in [0.15, 0.2) is 24.3 Å². The first kappa shape index (κ1) is 21.0. The van der Waals surface area contributed by atoms with Crippen molar-refractivity contribution in [3.63, 3.8) is 0 Å². The number of carbonyl (C=O) groups is 1. The van der Waals surface area contributed by atoms with Gasteiger partial charge in [-0.15, -0.1) is 0 Å². The zero-order chi connectivity index (χ0) is 21.8. The normalized spacial score (nSPS) is 16.2. The van der Waals surface area contributed by atoms with Gasteiger partial charge in [0.25, 0.3) is 0 Å². The van der Waals surface area contributed by atoms with E-state index in [1.165, 1.54) is 11.1 Å². The summed E-state index contributed by atoms with van der Waals surface area (Å²) in [4.78, 5) is 36.0. The molecule has 0 atom stereocenters. The number of anilines is 2. The molecule has 0 saturated carbocycles. The fourth-order valence-electron chi connectivity index (χ4n) is 4.36. The molecule has 2 aliphatic rings. The van der Waals surface area contributed by atoms with Crippen molar-refractivity contribution in [1.29, 1.82) is 0 Å². The van der Waals surface area contributed by atoms with Crippen LogP contribution in [-0.4, -0.2) is 58.4 Å². The van der Waals surface area contributed by atoms with Crippen LogP contribution in [0.2, 0.25) is 0 Å². The van der Waals surface area contributed by atoms with E-state index in [9.17, 15) is 14.9 Å². The van der Waals surface area contributed by atoms with E-state index in [1.807, 2.05) is 21.9 Å². The number of hydrogen-bond acceptors (Lipinski definition) is 7. The number of carbonyl (C=O) groups excluding carboxylic acids is 1. The Bertz CT molecular complexity index is 953. The maximum atomic E-state index is 12.0. The zero-order valence-corrected chi connectivity index (χ0v) is 17.8. The highest BCUT2D eigenvalue weighted by Gasteiger charge is 2.29. The smallest absolute Gasteiger partial charge is 0.353 e. The molecule has 1 N–H and O–H groups in total. The molecule has 1 fully saturated rings. The summed E-state index contributed by atoms with van der Waals surface area (Å²) in [5.41, 5.74) is 2.50. The number of hydrogen-bond donors (Lipinski definition) is 1. The summed E-state index contributed by atoms with van der Waals surface area (Å²) in [6.45, 7) is 5.06. The number of nitrogens with one attached hydrogen (secondary N) is 1. The van der Waals surface area contributed by atoms with E-state index >= 15 is 0 Å². The molecule has 31 heavy (non-hydrogen) atoms. The number of likely N-dealkylation sites (tertiary alicyclic amines) is 1. The van der Waals surface area contributed by atoms with Crippen LogP contribution in [-0.2, 0) is 17.6 Å². The molecule has 164 valence electrons. The summed E-state index contributed by atoms with van der Waals surface area (Å²) in [5, 5.41) is 15.1. The largest absolute Gasteiger partial charge is 0.364 e. The molecule has 2 aromatic rings. The number of benzene rings is 1. The summed E-state index contributed by atoms with van der Waals surface area (Å²) in [7, 11) is 0. The van der Waals surface area contributed by atoms with Gasteiger partial charge >= 0.3 is 5.69 Å². The molecule has 4 rings (SSSR count). The zero-order valence-electron chi connectivity index (χ0n) is 17.8. The van der Waals surface area contributed by atoms with E-state index in [0.29, 0.717) is 50.7 Å². The van der Waals surface area contributed by atoms with Crippen molar-refractivity contribution in [1.82, 2.24) is 14.9 Å². The quantitative estimate of drug-likeness (QED) is 0.414. The number of fused-ring (bicyclic) bond motifs is 1. The lowest BCUT2D eigenvalue weighted by Gasteiger charge is -2.22. The second-order valence-electron chi connectivity index (χ2n) is 8.07. The predicted molar refractivity (Wildman–Crippen MR) is 118 cm³/mol. The topological polar surface area (TPSA) is 104 Å². The predicted octanol–water partition coefficient (Wildman–Crippen LogP) is 2.72. The molecular formula is C22H28N6O3. The monoisotopic (exact) mass is 424 g/mol. The molecule has 0 aliphatic carbocycles. The summed E-state index contributed by atoms with van der Waals surface area (Å²) in [6, 6.07) is 8.31. The molecule has 1 aromatic carbocycles. The second kappa shape index (κ2) is 9.28. The van der Waals surface area contributed by atoms with Crippen LogP contribution in [0.3, 0.4) is 0 Å². The highest BCUT2D eigenvalue weighted by molar-refractivity contribution is 5.78. The van der Waals surface area contributed by atoms with E-state index < -0.39 is 0 Å². The Morgan fingerprint density at radius 2 is 1.81 bits per heavy atom. The van der Waals surface area contributed by atoms with Gasteiger partial charge in [-0.1, -0.05) is 24.3 Å². The molecule has 9 heteroatoms. The lowest BCUT2D eigenvalue weighted by atomic mass is 10.0. The molecule has 0 unspecified atom stereocenters. The maximum absolute atomic E-state index is 12.0. The molecule has 1 aromatic heterocycles. The summed E-state index contributed by atoms with van der Waals surface area (Å²) in [6.07, 6.45) is 3.88. The molecule has 9 nitrogen and oxygen atoms in total. The lowest BCUT2D eigenvalue weighted by molar-refractivity contribution is -0.383. The van der Waals surface area contributed by atoms with Gasteiger partial charge in [-0.2, -0.15) is 0 Å². The molecule has 0 spiro atoms. The number of rotatable bonds is 7. The Balaban J connectivity index is 1.49. The van der Waals surface area contributed by atoms with Crippen LogP contribution in [0.1, 0.15) is 36.2 Å². The molecule has 3 heterocycles. The Hall–Kier alpha value is -3.23. The van der Waals surface area contributed by atoms with Gasteiger partial charge in [-0.3, -0.25) is 14.9 Å². The van der Waals surface area contributed by atoms with Gasteiger partial charge in [0, 0.05) is 39.1 Å². The van der Waals surface area contributed by atoms with Crippen molar-refractivity contribution >= 4 is 23.2 Å². The second-order valence-corrected chi connectivity index (χ2v) is 8.07. The first-order valence-electron chi connectivity index (χ1n) is 10.9. The fraction of sp³-hybridized carbons (Fsp3) is 0.500. The third-order valence-corrected chi connectivity index (χ3v) is 5.95. The van der Waals surface area contributed by atoms with E-state index in [0.717, 1.165) is 25.8 Å². The molecule has 0 radical (unpaired) electrons. The fourth-order valence-corrected chi connectivity index (χ4v) is 4.36. The van der Waals surface area contributed by atoms with Gasteiger partial charge in [0.15, 0.2) is 0 Å². The summed E-state index contributed by atoms with van der Waals surface area (Å²) >= 11 is 0. The van der Waals surface area contributed by atoms with Gasteiger partial charge in [0.2, 0.25) is 17.5 Å². The van der Waals surface area contributed by atoms with Crippen LogP contribution in [0.25, 0.3) is 0 Å². The Morgan fingerprint density at radius 1 is 1.10 bits per heavy atom. The third-order valence-electron chi connectivity index (χ3n) is 5.95. The summed E-state index contributed by atoms with van der Waals surface area (Å²) < 4.78 is 0. The standard InChI is InChI=1S/C22H28N6O3/c1-16-24-21(23-11-5-13-26-12-4-8-19(26)29)20(28(30)31)22(25-16)27-14-9-17-6-2-3-7-18(17)10-15-27/h2-3,6-7H,4-5,8-15H2,1H3,(H,23,24,25). The van der Waals surface area contributed by atoms with E-state index in [4.69, 9.17) is 0 Å². The number of nitrogens with zero attached hydrogens (tertiary/aromatic N) is 5. The first-order chi connectivity index (χ1) is 15.0. The minimum Gasteiger partial charge on any atom is -0.364 e. The first-order valence-corrected chi connectivity index (χ1v) is 10.9. The number of amides is 1. The highest BCUT2D eigenvalue weighted by atomic mass is 16.6. The van der Waals surface area contributed by atoms with E-state index in [-0.39, 0.29) is 22.3 Å². The third kappa shape index (κ3) is 4.76. The van der Waals surface area contributed by atoms with Crippen molar-refractivity contribution in [3.05, 3.63) is 51.3 Å². The molecule has 0 bridgehead atoms. The van der Waals surface area contributed by atoms with Crippen LogP contribution < -0.4 is 10.2 Å². The number of aryl methyl sites for hydroxylation is 1. The van der Waals surface area contributed by atoms with E-state index in [2.05, 4.69) is 27.4 Å². The Morgan fingerprint density at radius 3 is 2.42 bits per heavy atom. The molecule has 1 saturated heterocycles. The van der Waals surface area contributed by atoms with E-state index in [1.54, 1.807) is 6.92 Å². The summed E-state index contributed by atoms with van der Waals surface area (Å²) in [5.74, 6) is 1.32. The van der Waals surface area contributed by atoms with Gasteiger partial charge in [0.05, 0.1) is 4.92 Å². The van der Waals surface area contributed by atoms with Crippen molar-refractivity contribution < 1.29 is 9.72 Å². The SMILES string of the molecule is Cc1nc(NCCCN2CCCC2=O)c([N+](=O)[O-])c(N2CCc3ccccc3CC2)n1.